The molecule has 0 bridgehead atoms. The number of benzene rings is 1. The molecular formula is C14H14N6O3. The second kappa shape index (κ2) is 8.99. The topological polar surface area (TPSA) is 149 Å². The highest BCUT2D eigenvalue weighted by atomic mass is 16.2. The third-order valence-corrected chi connectivity index (χ3v) is 3.12. The van der Waals surface area contributed by atoms with Crippen LogP contribution in [-0.4, -0.2) is 17.6 Å². The molecule has 9 heteroatoms. The van der Waals surface area contributed by atoms with E-state index in [0.717, 1.165) is 0 Å². The SMILES string of the molecule is CC(=O)c1ccc(C(=O)N=[N+]=[N-])c(CCCCC(=O)N=[N+]=[N-])c1. The van der Waals surface area contributed by atoms with Gasteiger partial charge in [-0.2, -0.15) is 0 Å². The van der Waals surface area contributed by atoms with Crippen LogP contribution >= 0.6 is 0 Å². The number of aryl methyl sites for hydroxylation is 1. The molecule has 0 heterocycles. The molecule has 2 amide bonds. The van der Waals surface area contributed by atoms with Crippen LogP contribution in [-0.2, 0) is 11.2 Å². The lowest BCUT2D eigenvalue weighted by Crippen LogP contribution is -2.04. The molecule has 0 aliphatic heterocycles. The van der Waals surface area contributed by atoms with Crippen LogP contribution < -0.4 is 0 Å². The maximum absolute atomic E-state index is 11.8. The Morgan fingerprint density at radius 1 is 1.09 bits per heavy atom. The average Bonchev–Trinajstić information content (AvgIpc) is 2.51. The molecule has 0 unspecified atom stereocenters. The fourth-order valence-corrected chi connectivity index (χ4v) is 2.01. The second-order valence-corrected chi connectivity index (χ2v) is 4.71. The van der Waals surface area contributed by atoms with Gasteiger partial charge in [0.15, 0.2) is 5.78 Å². The summed E-state index contributed by atoms with van der Waals surface area (Å²) in [6, 6.07) is 4.53. The number of hydrogen-bond donors (Lipinski definition) is 0. The van der Waals surface area contributed by atoms with Gasteiger partial charge in [-0.25, -0.2) is 0 Å². The minimum Gasteiger partial charge on any atom is -0.295 e. The van der Waals surface area contributed by atoms with Gasteiger partial charge >= 0.3 is 0 Å². The van der Waals surface area contributed by atoms with Gasteiger partial charge in [-0.3, -0.25) is 14.4 Å². The Kier molecular flexibility index (Phi) is 7.00. The lowest BCUT2D eigenvalue weighted by molar-refractivity contribution is -0.118. The van der Waals surface area contributed by atoms with Crippen LogP contribution in [0.15, 0.2) is 28.4 Å². The van der Waals surface area contributed by atoms with Gasteiger partial charge in [-0.05, 0) is 59.1 Å². The van der Waals surface area contributed by atoms with Crippen LogP contribution in [0.4, 0.5) is 0 Å². The molecular weight excluding hydrogens is 300 g/mol. The van der Waals surface area contributed by atoms with Crippen molar-refractivity contribution in [2.24, 2.45) is 10.2 Å². The zero-order valence-corrected chi connectivity index (χ0v) is 12.5. The summed E-state index contributed by atoms with van der Waals surface area (Å²) in [6.07, 6.45) is 1.55. The van der Waals surface area contributed by atoms with Gasteiger partial charge in [-0.15, -0.1) is 0 Å². The smallest absolute Gasteiger partial charge is 0.249 e. The first kappa shape index (κ1) is 17.9. The van der Waals surface area contributed by atoms with Gasteiger partial charge in [0, 0.05) is 27.4 Å². The predicted molar refractivity (Wildman–Crippen MR) is 81.6 cm³/mol. The normalized spacial score (nSPS) is 9.43. The third kappa shape index (κ3) is 5.62. The van der Waals surface area contributed by atoms with E-state index in [-0.39, 0.29) is 17.8 Å². The Balaban J connectivity index is 2.88. The lowest BCUT2D eigenvalue weighted by Gasteiger charge is -2.08. The first-order valence-electron chi connectivity index (χ1n) is 6.80. The summed E-state index contributed by atoms with van der Waals surface area (Å²) in [5.41, 5.74) is 17.7. The van der Waals surface area contributed by atoms with E-state index in [1.54, 1.807) is 6.07 Å². The first-order valence-corrected chi connectivity index (χ1v) is 6.80. The number of rotatable bonds is 7. The molecule has 0 atom stereocenters. The van der Waals surface area contributed by atoms with Crippen molar-refractivity contribution in [3.8, 4) is 0 Å². The first-order chi connectivity index (χ1) is 11.0. The van der Waals surface area contributed by atoms with E-state index in [1.165, 1.54) is 19.1 Å². The van der Waals surface area contributed by atoms with Crippen molar-refractivity contribution in [3.63, 3.8) is 0 Å². The number of Topliss-reactive ketones (excluding diaryl/α,β-unsaturated/α-hetero) is 1. The molecule has 0 saturated heterocycles. The lowest BCUT2D eigenvalue weighted by atomic mass is 9.97. The van der Waals surface area contributed by atoms with Crippen LogP contribution in [0.1, 0.15) is 52.5 Å². The Labute approximate surface area is 131 Å². The molecule has 1 rings (SSSR count). The van der Waals surface area contributed by atoms with Crippen molar-refractivity contribution in [2.45, 2.75) is 32.6 Å². The van der Waals surface area contributed by atoms with Crippen molar-refractivity contribution in [1.82, 2.24) is 0 Å². The average molecular weight is 314 g/mol. The van der Waals surface area contributed by atoms with Crippen molar-refractivity contribution < 1.29 is 14.4 Å². The van der Waals surface area contributed by atoms with E-state index in [0.29, 0.717) is 30.4 Å². The monoisotopic (exact) mass is 314 g/mol. The number of nitrogens with zero attached hydrogens (tertiary/aromatic N) is 6. The van der Waals surface area contributed by atoms with Crippen LogP contribution in [0.3, 0.4) is 0 Å². The van der Waals surface area contributed by atoms with Crippen LogP contribution in [0.25, 0.3) is 20.9 Å². The van der Waals surface area contributed by atoms with Gasteiger partial charge in [0.1, 0.15) is 0 Å². The largest absolute Gasteiger partial charge is 0.295 e. The Hall–Kier alpha value is -3.15. The maximum atomic E-state index is 11.8. The number of ketones is 1. The maximum Gasteiger partial charge on any atom is 0.249 e. The van der Waals surface area contributed by atoms with Gasteiger partial charge in [0.2, 0.25) is 11.8 Å². The number of unbranched alkanes of at least 4 members (excludes halogenated alkanes) is 1. The van der Waals surface area contributed by atoms with E-state index >= 15 is 0 Å². The Bertz CT molecular complexity index is 730. The minimum absolute atomic E-state index is 0.107. The summed E-state index contributed by atoms with van der Waals surface area (Å²) < 4.78 is 0. The quantitative estimate of drug-likeness (QED) is 0.247. The molecule has 23 heavy (non-hydrogen) atoms. The number of carbonyl (C=O) groups excluding carboxylic acids is 3. The summed E-state index contributed by atoms with van der Waals surface area (Å²) in [5, 5.41) is 6.02. The van der Waals surface area contributed by atoms with E-state index < -0.39 is 11.8 Å². The number of azide groups is 2. The number of carbonyl (C=O) groups is 3. The summed E-state index contributed by atoms with van der Waals surface area (Å²) in [7, 11) is 0. The molecule has 118 valence electrons. The summed E-state index contributed by atoms with van der Waals surface area (Å²) in [6.45, 7) is 1.41. The molecule has 0 aliphatic carbocycles. The zero-order chi connectivity index (χ0) is 17.2. The highest BCUT2D eigenvalue weighted by Gasteiger charge is 2.12. The molecule has 0 N–H and O–H groups in total. The fraction of sp³-hybridized carbons (Fsp3) is 0.357. The number of amides is 2. The highest BCUT2D eigenvalue weighted by Crippen LogP contribution is 2.17. The fourth-order valence-electron chi connectivity index (χ4n) is 2.01. The van der Waals surface area contributed by atoms with Gasteiger partial charge in [0.25, 0.3) is 0 Å². The molecule has 0 saturated carbocycles. The van der Waals surface area contributed by atoms with Gasteiger partial charge < -0.3 is 0 Å². The van der Waals surface area contributed by atoms with E-state index in [2.05, 4.69) is 20.1 Å². The van der Waals surface area contributed by atoms with E-state index in [9.17, 15) is 14.4 Å². The van der Waals surface area contributed by atoms with Crippen LogP contribution in [0.2, 0.25) is 0 Å². The molecule has 1 aromatic carbocycles. The third-order valence-electron chi connectivity index (χ3n) is 3.12. The molecule has 0 spiro atoms. The molecule has 1 aromatic rings. The van der Waals surface area contributed by atoms with E-state index in [4.69, 9.17) is 11.1 Å². The molecule has 0 aliphatic rings. The van der Waals surface area contributed by atoms with Crippen molar-refractivity contribution in [1.29, 1.82) is 0 Å². The highest BCUT2D eigenvalue weighted by molar-refractivity contribution is 5.99. The van der Waals surface area contributed by atoms with Crippen molar-refractivity contribution in [3.05, 3.63) is 55.8 Å². The van der Waals surface area contributed by atoms with Gasteiger partial charge in [0.05, 0.1) is 0 Å². The van der Waals surface area contributed by atoms with Crippen LogP contribution in [0.5, 0.6) is 0 Å². The summed E-state index contributed by atoms with van der Waals surface area (Å²) in [5.74, 6) is -1.41. The Morgan fingerprint density at radius 3 is 2.39 bits per heavy atom. The van der Waals surface area contributed by atoms with Crippen molar-refractivity contribution >= 4 is 17.6 Å². The molecule has 0 fully saturated rings. The Morgan fingerprint density at radius 2 is 1.78 bits per heavy atom. The molecule has 0 radical (unpaired) electrons. The summed E-state index contributed by atoms with van der Waals surface area (Å²) >= 11 is 0. The standard InChI is InChI=1S/C14H14N6O3/c1-9(21)10-6-7-12(14(23)18-20-16)11(8-10)4-2-3-5-13(22)17-19-15/h6-8H,2-5H2,1H3. The van der Waals surface area contributed by atoms with Gasteiger partial charge in [-0.1, -0.05) is 12.1 Å². The molecule has 9 nitrogen and oxygen atoms in total. The minimum atomic E-state index is -0.720. The zero-order valence-electron chi connectivity index (χ0n) is 12.5. The van der Waals surface area contributed by atoms with Crippen molar-refractivity contribution in [2.75, 3.05) is 0 Å². The molecule has 0 aromatic heterocycles. The number of hydrogen-bond acceptors (Lipinski definition) is 3. The van der Waals surface area contributed by atoms with Crippen LogP contribution in [0, 0.1) is 0 Å². The predicted octanol–water partition coefficient (Wildman–Crippen LogP) is 3.89. The summed E-state index contributed by atoms with van der Waals surface area (Å²) in [4.78, 5) is 39.2. The van der Waals surface area contributed by atoms with E-state index in [1.807, 2.05) is 0 Å². The second-order valence-electron chi connectivity index (χ2n) is 4.71.